The predicted molar refractivity (Wildman–Crippen MR) is 242 cm³/mol. The highest BCUT2D eigenvalue weighted by molar-refractivity contribution is 5.69. The standard InChI is InChI=1S/C51H94O4/c1-3-5-7-9-11-13-15-17-19-21-22-23-24-25-26-27-28-29-31-33-35-37-39-41-43-45-47-54-49-50(48-52)55-51(53)46-44-42-40-38-36-34-32-30-20-18-16-14-12-10-8-6-4-2/h6,8,12,14,18,20,32,34,50,52H,3-5,7,9-11,13,15-17,19,21-31,33,35-49H2,1-2H3/b8-6-,14-12-,20-18-,34-32-. The van der Waals surface area contributed by atoms with Crippen molar-refractivity contribution in [1.29, 1.82) is 0 Å². The monoisotopic (exact) mass is 771 g/mol. The summed E-state index contributed by atoms with van der Waals surface area (Å²) >= 11 is 0. The second-order valence-corrected chi connectivity index (χ2v) is 16.2. The molecule has 0 amide bonds. The Balaban J connectivity index is 3.39. The van der Waals surface area contributed by atoms with Gasteiger partial charge >= 0.3 is 5.97 Å². The molecule has 0 bridgehead atoms. The second kappa shape index (κ2) is 48.5. The predicted octanol–water partition coefficient (Wildman–Crippen LogP) is 16.2. The van der Waals surface area contributed by atoms with E-state index in [1.54, 1.807) is 0 Å². The topological polar surface area (TPSA) is 55.8 Å². The van der Waals surface area contributed by atoms with Crippen LogP contribution in [0.4, 0.5) is 0 Å². The summed E-state index contributed by atoms with van der Waals surface area (Å²) in [6.07, 6.45) is 63.5. The number of hydrogen-bond acceptors (Lipinski definition) is 4. The molecule has 322 valence electrons. The first-order valence-electron chi connectivity index (χ1n) is 24.2. The molecule has 0 radical (unpaired) electrons. The van der Waals surface area contributed by atoms with E-state index in [2.05, 4.69) is 62.5 Å². The Morgan fingerprint density at radius 1 is 0.455 bits per heavy atom. The highest BCUT2D eigenvalue weighted by Gasteiger charge is 2.13. The second-order valence-electron chi connectivity index (χ2n) is 16.2. The molecular weight excluding hydrogens is 677 g/mol. The fraction of sp³-hybridized carbons (Fsp3) is 0.824. The number of ether oxygens (including phenoxy) is 2. The number of carbonyl (C=O) groups excluding carboxylic acids is 1. The number of carbonyl (C=O) groups is 1. The summed E-state index contributed by atoms with van der Waals surface area (Å²) in [6, 6.07) is 0. The van der Waals surface area contributed by atoms with Crippen molar-refractivity contribution in [3.8, 4) is 0 Å². The highest BCUT2D eigenvalue weighted by Crippen LogP contribution is 2.16. The van der Waals surface area contributed by atoms with Crippen LogP contribution < -0.4 is 0 Å². The zero-order valence-corrected chi connectivity index (χ0v) is 36.9. The van der Waals surface area contributed by atoms with Crippen LogP contribution in [0.25, 0.3) is 0 Å². The summed E-state index contributed by atoms with van der Waals surface area (Å²) in [5, 5.41) is 9.62. The van der Waals surface area contributed by atoms with Gasteiger partial charge in [0.15, 0.2) is 0 Å². The van der Waals surface area contributed by atoms with Gasteiger partial charge in [0, 0.05) is 13.0 Å². The smallest absolute Gasteiger partial charge is 0.306 e. The first-order chi connectivity index (χ1) is 27.2. The number of hydrogen-bond donors (Lipinski definition) is 1. The molecule has 0 aromatic rings. The molecule has 1 unspecified atom stereocenters. The van der Waals surface area contributed by atoms with E-state index in [0.717, 1.165) is 64.2 Å². The number of allylic oxidation sites excluding steroid dienone is 8. The molecule has 0 aromatic heterocycles. The van der Waals surface area contributed by atoms with Crippen LogP contribution in [-0.4, -0.2) is 37.0 Å². The highest BCUT2D eigenvalue weighted by atomic mass is 16.6. The van der Waals surface area contributed by atoms with Gasteiger partial charge in [0.1, 0.15) is 6.10 Å². The molecular formula is C51H94O4. The minimum atomic E-state index is -0.547. The van der Waals surface area contributed by atoms with Gasteiger partial charge in [0.25, 0.3) is 0 Å². The lowest BCUT2D eigenvalue weighted by Gasteiger charge is -2.15. The van der Waals surface area contributed by atoms with Gasteiger partial charge < -0.3 is 14.6 Å². The van der Waals surface area contributed by atoms with Crippen LogP contribution in [0, 0.1) is 0 Å². The molecule has 4 nitrogen and oxygen atoms in total. The van der Waals surface area contributed by atoms with Gasteiger partial charge in [0.2, 0.25) is 0 Å². The van der Waals surface area contributed by atoms with E-state index in [4.69, 9.17) is 9.47 Å². The lowest BCUT2D eigenvalue weighted by Crippen LogP contribution is -2.27. The summed E-state index contributed by atoms with van der Waals surface area (Å²) in [6.45, 7) is 5.24. The maximum atomic E-state index is 12.2. The van der Waals surface area contributed by atoms with Crippen molar-refractivity contribution in [3.05, 3.63) is 48.6 Å². The minimum Gasteiger partial charge on any atom is -0.457 e. The van der Waals surface area contributed by atoms with Crippen molar-refractivity contribution in [3.63, 3.8) is 0 Å². The molecule has 0 saturated carbocycles. The molecule has 0 aliphatic carbocycles. The van der Waals surface area contributed by atoms with Gasteiger partial charge in [-0.15, -0.1) is 0 Å². The van der Waals surface area contributed by atoms with Crippen LogP contribution >= 0.6 is 0 Å². The van der Waals surface area contributed by atoms with Gasteiger partial charge in [-0.3, -0.25) is 4.79 Å². The maximum absolute atomic E-state index is 12.2. The zero-order valence-electron chi connectivity index (χ0n) is 36.9. The lowest BCUT2D eigenvalue weighted by atomic mass is 10.0. The van der Waals surface area contributed by atoms with Crippen molar-refractivity contribution < 1.29 is 19.4 Å². The third-order valence-electron chi connectivity index (χ3n) is 10.7. The Hall–Kier alpha value is -1.65. The van der Waals surface area contributed by atoms with Crippen molar-refractivity contribution in [2.24, 2.45) is 0 Å². The van der Waals surface area contributed by atoms with E-state index in [1.165, 1.54) is 161 Å². The molecule has 4 heteroatoms. The molecule has 0 saturated heterocycles. The summed E-state index contributed by atoms with van der Waals surface area (Å²) in [4.78, 5) is 12.2. The van der Waals surface area contributed by atoms with Crippen LogP contribution in [0.15, 0.2) is 48.6 Å². The van der Waals surface area contributed by atoms with Crippen LogP contribution in [0.5, 0.6) is 0 Å². The van der Waals surface area contributed by atoms with Crippen LogP contribution in [-0.2, 0) is 14.3 Å². The first-order valence-corrected chi connectivity index (χ1v) is 24.2. The number of aliphatic hydroxyl groups is 1. The average molecular weight is 771 g/mol. The Labute approximate surface area is 343 Å². The van der Waals surface area contributed by atoms with Crippen molar-refractivity contribution >= 4 is 5.97 Å². The number of esters is 1. The van der Waals surface area contributed by atoms with Gasteiger partial charge in [-0.2, -0.15) is 0 Å². The Morgan fingerprint density at radius 2 is 0.818 bits per heavy atom. The molecule has 0 fully saturated rings. The number of unbranched alkanes of at least 4 members (excludes halogenated alkanes) is 29. The van der Waals surface area contributed by atoms with Gasteiger partial charge in [-0.1, -0.05) is 236 Å². The van der Waals surface area contributed by atoms with Crippen LogP contribution in [0.1, 0.15) is 245 Å². The fourth-order valence-corrected chi connectivity index (χ4v) is 7.09. The van der Waals surface area contributed by atoms with E-state index >= 15 is 0 Å². The lowest BCUT2D eigenvalue weighted by molar-refractivity contribution is -0.154. The molecule has 0 rings (SSSR count). The quantitative estimate of drug-likeness (QED) is 0.0381. The molecule has 0 heterocycles. The SMILES string of the molecule is CC/C=C\C/C=C\C/C=C\C/C=C\CCCCCCC(=O)OC(CO)COCCCCCCCCCCCCCCCCCCCCCCCCCCCC. The first kappa shape index (κ1) is 53.4. The number of aliphatic hydroxyl groups excluding tert-OH is 1. The zero-order chi connectivity index (χ0) is 39.8. The Kier molecular flexibility index (Phi) is 47.0. The molecule has 0 aliphatic rings. The van der Waals surface area contributed by atoms with E-state index < -0.39 is 6.10 Å². The summed E-state index contributed by atoms with van der Waals surface area (Å²) in [5.74, 6) is -0.221. The largest absolute Gasteiger partial charge is 0.457 e. The van der Waals surface area contributed by atoms with Crippen LogP contribution in [0.2, 0.25) is 0 Å². The maximum Gasteiger partial charge on any atom is 0.306 e. The summed E-state index contributed by atoms with van der Waals surface area (Å²) in [7, 11) is 0. The molecule has 0 aromatic carbocycles. The summed E-state index contributed by atoms with van der Waals surface area (Å²) < 4.78 is 11.2. The van der Waals surface area contributed by atoms with Gasteiger partial charge in [-0.05, 0) is 51.4 Å². The molecule has 0 spiro atoms. The Morgan fingerprint density at radius 3 is 1.24 bits per heavy atom. The third kappa shape index (κ3) is 46.6. The van der Waals surface area contributed by atoms with Crippen molar-refractivity contribution in [1.82, 2.24) is 0 Å². The fourth-order valence-electron chi connectivity index (χ4n) is 7.09. The van der Waals surface area contributed by atoms with Gasteiger partial charge in [0.05, 0.1) is 13.2 Å². The Bertz CT molecular complexity index is 859. The van der Waals surface area contributed by atoms with E-state index in [1.807, 2.05) is 0 Å². The normalized spacial score (nSPS) is 12.7. The minimum absolute atomic E-state index is 0.180. The summed E-state index contributed by atoms with van der Waals surface area (Å²) in [5.41, 5.74) is 0. The van der Waals surface area contributed by atoms with E-state index in [0.29, 0.717) is 13.0 Å². The number of rotatable bonds is 45. The van der Waals surface area contributed by atoms with E-state index in [-0.39, 0.29) is 19.2 Å². The van der Waals surface area contributed by atoms with Crippen molar-refractivity contribution in [2.45, 2.75) is 251 Å². The van der Waals surface area contributed by atoms with Crippen LogP contribution in [0.3, 0.4) is 0 Å². The third-order valence-corrected chi connectivity index (χ3v) is 10.7. The molecule has 1 N–H and O–H groups in total. The molecule has 1 atom stereocenters. The molecule has 0 aliphatic heterocycles. The van der Waals surface area contributed by atoms with Gasteiger partial charge in [-0.25, -0.2) is 0 Å². The average Bonchev–Trinajstić information content (AvgIpc) is 3.19. The van der Waals surface area contributed by atoms with E-state index in [9.17, 15) is 9.90 Å². The molecule has 55 heavy (non-hydrogen) atoms. The van der Waals surface area contributed by atoms with Crippen molar-refractivity contribution in [2.75, 3.05) is 19.8 Å².